The van der Waals surface area contributed by atoms with Crippen LogP contribution in [-0.4, -0.2) is 25.2 Å². The summed E-state index contributed by atoms with van der Waals surface area (Å²) in [4.78, 5) is 14.1. The average molecular weight is 379 g/mol. The van der Waals surface area contributed by atoms with Crippen molar-refractivity contribution in [2.24, 2.45) is 0 Å². The van der Waals surface area contributed by atoms with Crippen molar-refractivity contribution >= 4 is 44.9 Å². The van der Waals surface area contributed by atoms with Crippen molar-refractivity contribution in [3.63, 3.8) is 0 Å². The van der Waals surface area contributed by atoms with Crippen molar-refractivity contribution in [3.8, 4) is 5.75 Å². The van der Waals surface area contributed by atoms with Gasteiger partial charge in [-0.15, -0.1) is 0 Å². The molecule has 0 aliphatic heterocycles. The fourth-order valence-electron chi connectivity index (χ4n) is 1.87. The Morgan fingerprint density at radius 1 is 1.23 bits per heavy atom. The molecule has 22 heavy (non-hydrogen) atoms. The minimum Gasteiger partial charge on any atom is -0.496 e. The summed E-state index contributed by atoms with van der Waals surface area (Å²) in [5.41, 5.74) is 1.31. The number of anilines is 1. The Kier molecular flexibility index (Phi) is 5.51. The van der Waals surface area contributed by atoms with Crippen LogP contribution in [0.2, 0.25) is 0 Å². The first-order valence-corrected chi connectivity index (χ1v) is 7.70. The molecule has 4 nitrogen and oxygen atoms in total. The summed E-state index contributed by atoms with van der Waals surface area (Å²) in [5.74, 6) is 0.178. The largest absolute Gasteiger partial charge is 0.496 e. The van der Waals surface area contributed by atoms with Crippen LogP contribution >= 0.6 is 28.1 Å². The second-order valence-electron chi connectivity index (χ2n) is 4.50. The molecular weight excluding hydrogens is 364 g/mol. The zero-order valence-corrected chi connectivity index (χ0v) is 14.6. The van der Waals surface area contributed by atoms with Gasteiger partial charge in [-0.3, -0.25) is 10.1 Å². The third-order valence-electron chi connectivity index (χ3n) is 3.07. The van der Waals surface area contributed by atoms with E-state index in [-0.39, 0.29) is 5.91 Å². The lowest BCUT2D eigenvalue weighted by Gasteiger charge is -2.20. The molecule has 1 amide bonds. The number of amides is 1. The highest BCUT2D eigenvalue weighted by Crippen LogP contribution is 2.23. The molecule has 0 heterocycles. The van der Waals surface area contributed by atoms with Gasteiger partial charge >= 0.3 is 0 Å². The van der Waals surface area contributed by atoms with E-state index in [1.165, 1.54) is 7.11 Å². The predicted octanol–water partition coefficient (Wildman–Crippen LogP) is 3.61. The highest BCUT2D eigenvalue weighted by molar-refractivity contribution is 9.10. The first-order chi connectivity index (χ1) is 10.5. The molecule has 2 aromatic carbocycles. The number of rotatable bonds is 3. The number of hydrogen-bond donors (Lipinski definition) is 1. The first kappa shape index (κ1) is 16.5. The normalized spacial score (nSPS) is 9.95. The molecule has 0 aliphatic rings. The van der Waals surface area contributed by atoms with Crippen molar-refractivity contribution in [2.75, 3.05) is 19.1 Å². The van der Waals surface area contributed by atoms with Gasteiger partial charge in [0.25, 0.3) is 5.91 Å². The lowest BCUT2D eigenvalue weighted by atomic mass is 10.2. The molecule has 0 saturated heterocycles. The Hall–Kier alpha value is -1.92. The molecule has 0 fully saturated rings. The summed E-state index contributed by atoms with van der Waals surface area (Å²) in [6.07, 6.45) is 0. The molecule has 0 unspecified atom stereocenters. The second kappa shape index (κ2) is 7.38. The molecule has 0 aromatic heterocycles. The molecule has 0 saturated carbocycles. The van der Waals surface area contributed by atoms with Gasteiger partial charge in [0.15, 0.2) is 5.11 Å². The van der Waals surface area contributed by atoms with Gasteiger partial charge in [-0.05, 0) is 42.5 Å². The minimum atomic E-state index is -0.314. The van der Waals surface area contributed by atoms with Gasteiger partial charge in [0.2, 0.25) is 0 Å². The number of thiocarbonyl (C=S) groups is 1. The molecular formula is C16H15BrN2O2S. The van der Waals surface area contributed by atoms with Crippen LogP contribution in [0.15, 0.2) is 53.0 Å². The molecule has 0 spiro atoms. The van der Waals surface area contributed by atoms with E-state index in [1.807, 2.05) is 36.4 Å². The van der Waals surface area contributed by atoms with E-state index < -0.39 is 0 Å². The molecule has 1 N–H and O–H groups in total. The number of para-hydroxylation sites is 1. The maximum atomic E-state index is 12.4. The number of carbonyl (C=O) groups excluding carboxylic acids is 1. The van der Waals surface area contributed by atoms with Crippen molar-refractivity contribution in [2.45, 2.75) is 0 Å². The van der Waals surface area contributed by atoms with Gasteiger partial charge < -0.3 is 9.64 Å². The average Bonchev–Trinajstić information content (AvgIpc) is 2.54. The highest BCUT2D eigenvalue weighted by Gasteiger charge is 2.16. The van der Waals surface area contributed by atoms with Gasteiger partial charge in [-0.2, -0.15) is 0 Å². The smallest absolute Gasteiger partial charge is 0.261 e. The second-order valence-corrected chi connectivity index (χ2v) is 5.80. The van der Waals surface area contributed by atoms with Crippen LogP contribution in [-0.2, 0) is 0 Å². The number of carbonyl (C=O) groups is 1. The van der Waals surface area contributed by atoms with Crippen molar-refractivity contribution < 1.29 is 9.53 Å². The van der Waals surface area contributed by atoms with Crippen LogP contribution in [0.3, 0.4) is 0 Å². The summed E-state index contributed by atoms with van der Waals surface area (Å²) in [5, 5.41) is 3.03. The van der Waals surface area contributed by atoms with Crippen LogP contribution in [0.5, 0.6) is 5.75 Å². The van der Waals surface area contributed by atoms with Gasteiger partial charge in [0.05, 0.1) is 12.7 Å². The summed E-state index contributed by atoms with van der Waals surface area (Å²) >= 11 is 8.64. The fourth-order valence-corrected chi connectivity index (χ4v) is 2.43. The standard InChI is InChI=1S/C16H15BrN2O2S/c1-19(12-6-4-3-5-7-12)16(22)18-15(20)13-10-11(17)8-9-14(13)21-2/h3-10H,1-2H3,(H,18,20,22). The third-order valence-corrected chi connectivity index (χ3v) is 3.94. The Morgan fingerprint density at radius 3 is 2.55 bits per heavy atom. The van der Waals surface area contributed by atoms with E-state index in [1.54, 1.807) is 24.1 Å². The summed E-state index contributed by atoms with van der Waals surface area (Å²) < 4.78 is 6.00. The monoisotopic (exact) mass is 378 g/mol. The van der Waals surface area contributed by atoms with Crippen LogP contribution < -0.4 is 15.0 Å². The lowest BCUT2D eigenvalue weighted by Crippen LogP contribution is -2.40. The van der Waals surface area contributed by atoms with Crippen molar-refractivity contribution in [1.82, 2.24) is 5.32 Å². The lowest BCUT2D eigenvalue weighted by molar-refractivity contribution is 0.0974. The van der Waals surface area contributed by atoms with Gasteiger partial charge in [0, 0.05) is 17.2 Å². The van der Waals surface area contributed by atoms with Crippen LogP contribution in [0.4, 0.5) is 5.69 Å². The van der Waals surface area contributed by atoms with Gasteiger partial charge in [0.1, 0.15) is 5.75 Å². The Labute approximate surface area is 143 Å². The number of methoxy groups -OCH3 is 1. The first-order valence-electron chi connectivity index (χ1n) is 6.50. The molecule has 6 heteroatoms. The Bertz CT molecular complexity index is 692. The van der Waals surface area contributed by atoms with Crippen LogP contribution in [0.1, 0.15) is 10.4 Å². The molecule has 0 aliphatic carbocycles. The molecule has 0 radical (unpaired) electrons. The van der Waals surface area contributed by atoms with E-state index in [9.17, 15) is 4.79 Å². The highest BCUT2D eigenvalue weighted by atomic mass is 79.9. The number of ether oxygens (including phenoxy) is 1. The van der Waals surface area contributed by atoms with E-state index in [4.69, 9.17) is 17.0 Å². The predicted molar refractivity (Wildman–Crippen MR) is 95.6 cm³/mol. The zero-order valence-electron chi connectivity index (χ0n) is 12.2. The summed E-state index contributed by atoms with van der Waals surface area (Å²) in [6.45, 7) is 0. The maximum Gasteiger partial charge on any atom is 0.261 e. The molecule has 0 bridgehead atoms. The molecule has 114 valence electrons. The van der Waals surface area contributed by atoms with Gasteiger partial charge in [-0.1, -0.05) is 34.1 Å². The number of nitrogens with one attached hydrogen (secondary N) is 1. The van der Waals surface area contributed by atoms with E-state index >= 15 is 0 Å². The van der Waals surface area contributed by atoms with Gasteiger partial charge in [-0.25, -0.2) is 0 Å². The SMILES string of the molecule is COc1ccc(Br)cc1C(=O)NC(=S)N(C)c1ccccc1. The summed E-state index contributed by atoms with van der Waals surface area (Å²) in [7, 11) is 3.32. The summed E-state index contributed by atoms with van der Waals surface area (Å²) in [6, 6.07) is 14.8. The quantitative estimate of drug-likeness (QED) is 0.828. The van der Waals surface area contributed by atoms with Crippen molar-refractivity contribution in [3.05, 3.63) is 58.6 Å². The van der Waals surface area contributed by atoms with Crippen LogP contribution in [0, 0.1) is 0 Å². The topological polar surface area (TPSA) is 41.6 Å². The molecule has 2 aromatic rings. The number of benzene rings is 2. The third kappa shape index (κ3) is 3.84. The molecule has 0 atom stereocenters. The zero-order chi connectivity index (χ0) is 16.1. The van der Waals surface area contributed by atoms with E-state index in [2.05, 4.69) is 21.2 Å². The number of nitrogens with zero attached hydrogens (tertiary/aromatic N) is 1. The minimum absolute atomic E-state index is 0.314. The van der Waals surface area contributed by atoms with E-state index in [0.29, 0.717) is 16.4 Å². The van der Waals surface area contributed by atoms with Crippen LogP contribution in [0.25, 0.3) is 0 Å². The Morgan fingerprint density at radius 2 is 1.91 bits per heavy atom. The fraction of sp³-hybridized carbons (Fsp3) is 0.125. The number of halogens is 1. The van der Waals surface area contributed by atoms with E-state index in [0.717, 1.165) is 10.2 Å². The maximum absolute atomic E-state index is 12.4. The van der Waals surface area contributed by atoms with Crippen molar-refractivity contribution in [1.29, 1.82) is 0 Å². The Balaban J connectivity index is 2.15. The number of hydrogen-bond acceptors (Lipinski definition) is 3. The molecule has 2 rings (SSSR count).